The summed E-state index contributed by atoms with van der Waals surface area (Å²) in [4.78, 5) is 29.0. The lowest BCUT2D eigenvalue weighted by Gasteiger charge is -2.35. The van der Waals surface area contributed by atoms with Gasteiger partial charge < -0.3 is 10.2 Å². The number of nitrogens with zero attached hydrogens (tertiary/aromatic N) is 2. The third kappa shape index (κ3) is 9.07. The van der Waals surface area contributed by atoms with E-state index in [4.69, 9.17) is 11.6 Å². The fourth-order valence-corrected chi connectivity index (χ4v) is 5.14. The molecule has 1 atom stereocenters. The van der Waals surface area contributed by atoms with Crippen molar-refractivity contribution in [1.29, 1.82) is 0 Å². The molecule has 208 valence electrons. The molecule has 0 heterocycles. The van der Waals surface area contributed by atoms with Crippen molar-refractivity contribution in [1.82, 2.24) is 10.2 Å². The Kier molecular flexibility index (Phi) is 9.74. The molecule has 0 spiro atoms. The predicted molar refractivity (Wildman–Crippen MR) is 152 cm³/mol. The van der Waals surface area contributed by atoms with Gasteiger partial charge in [0.05, 0.1) is 11.9 Å². The molecule has 3 aromatic carbocycles. The van der Waals surface area contributed by atoms with Crippen LogP contribution in [0, 0.1) is 5.82 Å². The van der Waals surface area contributed by atoms with Gasteiger partial charge in [-0.25, -0.2) is 12.8 Å². The number of halogens is 2. The van der Waals surface area contributed by atoms with Crippen LogP contribution in [0.2, 0.25) is 5.02 Å². The first-order valence-electron chi connectivity index (χ1n) is 12.4. The molecule has 39 heavy (non-hydrogen) atoms. The van der Waals surface area contributed by atoms with E-state index in [1.807, 2.05) is 51.1 Å². The summed E-state index contributed by atoms with van der Waals surface area (Å²) < 4.78 is 40.3. The SMILES string of the molecule is CC(C)(C)NC(=O)[C@@H](Cc1ccccc1)N(Cc1cccc(Cl)c1)C(=O)CN(c1cccc(F)c1)S(C)(=O)=O. The van der Waals surface area contributed by atoms with Gasteiger partial charge in [0.15, 0.2) is 0 Å². The van der Waals surface area contributed by atoms with Crippen LogP contribution in [0.15, 0.2) is 78.9 Å². The van der Waals surface area contributed by atoms with Crippen molar-refractivity contribution in [3.05, 3.63) is 101 Å². The van der Waals surface area contributed by atoms with Gasteiger partial charge in [0.1, 0.15) is 18.4 Å². The number of benzene rings is 3. The van der Waals surface area contributed by atoms with E-state index in [9.17, 15) is 22.4 Å². The third-order valence-electron chi connectivity index (χ3n) is 5.79. The van der Waals surface area contributed by atoms with Gasteiger partial charge in [-0.1, -0.05) is 60.1 Å². The summed E-state index contributed by atoms with van der Waals surface area (Å²) in [5.74, 6) is -1.66. The van der Waals surface area contributed by atoms with Crippen molar-refractivity contribution in [2.24, 2.45) is 0 Å². The molecule has 7 nitrogen and oxygen atoms in total. The molecule has 0 saturated heterocycles. The van der Waals surface area contributed by atoms with E-state index in [0.717, 1.165) is 22.2 Å². The average Bonchev–Trinajstić information content (AvgIpc) is 2.83. The highest BCUT2D eigenvalue weighted by atomic mass is 35.5. The molecule has 0 saturated carbocycles. The van der Waals surface area contributed by atoms with Crippen molar-refractivity contribution >= 4 is 39.1 Å². The smallest absolute Gasteiger partial charge is 0.244 e. The maximum absolute atomic E-state index is 14.0. The Morgan fingerprint density at radius 3 is 2.18 bits per heavy atom. The number of nitrogens with one attached hydrogen (secondary N) is 1. The highest BCUT2D eigenvalue weighted by Gasteiger charge is 2.34. The van der Waals surface area contributed by atoms with Gasteiger partial charge in [-0.3, -0.25) is 13.9 Å². The molecule has 10 heteroatoms. The number of anilines is 1. The lowest BCUT2D eigenvalue weighted by Crippen LogP contribution is -2.56. The van der Waals surface area contributed by atoms with Gasteiger partial charge in [0.2, 0.25) is 21.8 Å². The molecule has 0 aliphatic heterocycles. The largest absolute Gasteiger partial charge is 0.350 e. The lowest BCUT2D eigenvalue weighted by molar-refractivity contribution is -0.140. The second-order valence-corrected chi connectivity index (χ2v) is 12.7. The third-order valence-corrected chi connectivity index (χ3v) is 7.16. The Morgan fingerprint density at radius 1 is 0.949 bits per heavy atom. The normalized spacial score (nSPS) is 12.5. The number of hydrogen-bond acceptors (Lipinski definition) is 4. The molecule has 0 aliphatic rings. The van der Waals surface area contributed by atoms with E-state index >= 15 is 0 Å². The number of sulfonamides is 1. The van der Waals surface area contributed by atoms with Gasteiger partial charge in [-0.15, -0.1) is 0 Å². The minimum absolute atomic E-state index is 0.00475. The van der Waals surface area contributed by atoms with Gasteiger partial charge in [-0.05, 0) is 62.2 Å². The zero-order chi connectivity index (χ0) is 28.8. The van der Waals surface area contributed by atoms with Crippen LogP contribution in [0.1, 0.15) is 31.9 Å². The Morgan fingerprint density at radius 2 is 1.59 bits per heavy atom. The monoisotopic (exact) mass is 573 g/mol. The maximum atomic E-state index is 14.0. The molecular formula is C29H33ClFN3O4S. The van der Waals surface area contributed by atoms with Crippen LogP contribution in [0.3, 0.4) is 0 Å². The quantitative estimate of drug-likeness (QED) is 0.377. The van der Waals surface area contributed by atoms with Crippen LogP contribution in [0.5, 0.6) is 0 Å². The average molecular weight is 574 g/mol. The van der Waals surface area contributed by atoms with E-state index < -0.39 is 45.8 Å². The first-order valence-corrected chi connectivity index (χ1v) is 14.6. The van der Waals surface area contributed by atoms with Gasteiger partial charge >= 0.3 is 0 Å². The molecule has 0 aliphatic carbocycles. The molecule has 0 bridgehead atoms. The van der Waals surface area contributed by atoms with Crippen molar-refractivity contribution in [2.75, 3.05) is 17.1 Å². The lowest BCUT2D eigenvalue weighted by atomic mass is 10.0. The van der Waals surface area contributed by atoms with Crippen LogP contribution in [0.4, 0.5) is 10.1 Å². The molecular weight excluding hydrogens is 541 g/mol. The van der Waals surface area contributed by atoms with E-state index in [2.05, 4.69) is 5.32 Å². The molecule has 3 aromatic rings. The fraction of sp³-hybridized carbons (Fsp3) is 0.310. The zero-order valence-electron chi connectivity index (χ0n) is 22.4. The predicted octanol–water partition coefficient (Wildman–Crippen LogP) is 4.80. The Balaban J connectivity index is 2.08. The summed E-state index contributed by atoms with van der Waals surface area (Å²) in [7, 11) is -3.98. The first-order chi connectivity index (χ1) is 18.2. The summed E-state index contributed by atoms with van der Waals surface area (Å²) in [6.45, 7) is 4.88. The second-order valence-electron chi connectivity index (χ2n) is 10.3. The number of carbonyl (C=O) groups is 2. The van der Waals surface area contributed by atoms with Crippen LogP contribution >= 0.6 is 11.6 Å². The summed E-state index contributed by atoms with van der Waals surface area (Å²) in [6, 6.07) is 20.2. The van der Waals surface area contributed by atoms with Crippen LogP contribution in [-0.4, -0.2) is 49.5 Å². The fourth-order valence-electron chi connectivity index (χ4n) is 4.08. The molecule has 0 unspecified atom stereocenters. The summed E-state index contributed by atoms with van der Waals surface area (Å²) >= 11 is 6.20. The minimum Gasteiger partial charge on any atom is -0.350 e. The Hall–Kier alpha value is -3.43. The van der Waals surface area contributed by atoms with E-state index in [0.29, 0.717) is 10.6 Å². The maximum Gasteiger partial charge on any atom is 0.244 e. The first kappa shape index (κ1) is 30.1. The van der Waals surface area contributed by atoms with E-state index in [-0.39, 0.29) is 18.7 Å². The standard InChI is InChI=1S/C29H33ClFN3O4S/c1-29(2,3)32-28(36)26(17-21-10-6-5-7-11-21)33(19-22-12-8-13-23(30)16-22)27(35)20-34(39(4,37)38)25-15-9-14-24(31)18-25/h5-16,18,26H,17,19-20H2,1-4H3,(H,32,36)/t26-/m1/s1. The summed E-state index contributed by atoms with van der Waals surface area (Å²) in [5.41, 5.74) is 0.902. The van der Waals surface area contributed by atoms with Crippen LogP contribution in [-0.2, 0) is 32.6 Å². The van der Waals surface area contributed by atoms with Crippen LogP contribution in [0.25, 0.3) is 0 Å². The Labute approximate surface area is 234 Å². The Bertz CT molecular complexity index is 1410. The van der Waals surface area contributed by atoms with Crippen molar-refractivity contribution in [3.8, 4) is 0 Å². The highest BCUT2D eigenvalue weighted by molar-refractivity contribution is 7.92. The zero-order valence-corrected chi connectivity index (χ0v) is 24.0. The number of amides is 2. The molecule has 0 aromatic heterocycles. The molecule has 3 rings (SSSR count). The van der Waals surface area contributed by atoms with Crippen molar-refractivity contribution in [3.63, 3.8) is 0 Å². The molecule has 0 fully saturated rings. The van der Waals surface area contributed by atoms with Crippen molar-refractivity contribution in [2.45, 2.75) is 45.3 Å². The van der Waals surface area contributed by atoms with E-state index in [1.165, 1.54) is 23.1 Å². The second kappa shape index (κ2) is 12.6. The highest BCUT2D eigenvalue weighted by Crippen LogP contribution is 2.22. The number of hydrogen-bond donors (Lipinski definition) is 1. The molecule has 0 radical (unpaired) electrons. The van der Waals surface area contributed by atoms with Crippen molar-refractivity contribution < 1.29 is 22.4 Å². The number of carbonyl (C=O) groups excluding carboxylic acids is 2. The summed E-state index contributed by atoms with van der Waals surface area (Å²) in [6.07, 6.45) is 1.13. The van der Waals surface area contributed by atoms with E-state index in [1.54, 1.807) is 24.3 Å². The van der Waals surface area contributed by atoms with Gasteiger partial charge in [-0.2, -0.15) is 0 Å². The number of rotatable bonds is 10. The van der Waals surface area contributed by atoms with Gasteiger partial charge in [0.25, 0.3) is 0 Å². The topological polar surface area (TPSA) is 86.8 Å². The van der Waals surface area contributed by atoms with Crippen LogP contribution < -0.4 is 9.62 Å². The minimum atomic E-state index is -3.98. The molecule has 1 N–H and O–H groups in total. The van der Waals surface area contributed by atoms with Gasteiger partial charge in [0, 0.05) is 23.5 Å². The summed E-state index contributed by atoms with van der Waals surface area (Å²) in [5, 5.41) is 3.41. The molecule has 2 amide bonds.